The Balaban J connectivity index is 4.82. The van der Waals surface area contributed by atoms with E-state index in [9.17, 15) is 9.90 Å². The second-order valence-electron chi connectivity index (χ2n) is 5.29. The molecule has 0 aliphatic carbocycles. The summed E-state index contributed by atoms with van der Waals surface area (Å²) in [6.07, 6.45) is -1.31. The lowest BCUT2D eigenvalue weighted by atomic mass is 9.98. The molecule has 94 valence electrons. The number of amides is 1. The van der Waals surface area contributed by atoms with Gasteiger partial charge in [-0.25, -0.2) is 4.79 Å². The van der Waals surface area contributed by atoms with Crippen LogP contribution in [-0.2, 0) is 0 Å². The zero-order chi connectivity index (χ0) is 13.1. The van der Waals surface area contributed by atoms with Crippen molar-refractivity contribution in [3.63, 3.8) is 0 Å². The van der Waals surface area contributed by atoms with Crippen LogP contribution in [0.1, 0.15) is 41.0 Å². The number of hydrogen-bond donors (Lipinski definition) is 2. The van der Waals surface area contributed by atoms with E-state index in [2.05, 4.69) is 6.58 Å². The minimum Gasteiger partial charge on any atom is -0.465 e. The topological polar surface area (TPSA) is 60.8 Å². The van der Waals surface area contributed by atoms with Crippen LogP contribution in [0.25, 0.3) is 0 Å². The Labute approximate surface area is 97.6 Å². The molecule has 4 nitrogen and oxygen atoms in total. The van der Waals surface area contributed by atoms with Crippen LogP contribution in [0.5, 0.6) is 0 Å². The minimum absolute atomic E-state index is 0.418. The molecule has 0 aliphatic heterocycles. The molecule has 0 radical (unpaired) electrons. The molecule has 0 fully saturated rings. The maximum Gasteiger partial charge on any atom is 0.408 e. The molecule has 0 aromatic carbocycles. The Morgan fingerprint density at radius 2 is 1.88 bits per heavy atom. The van der Waals surface area contributed by atoms with Gasteiger partial charge in [0.05, 0.1) is 12.1 Å². The molecule has 0 heterocycles. The molecule has 0 rings (SSSR count). The maximum absolute atomic E-state index is 11.2. The lowest BCUT2D eigenvalue weighted by molar-refractivity contribution is 0.0152. The number of carboxylic acid groups (broad SMARTS) is 1. The highest BCUT2D eigenvalue weighted by molar-refractivity contribution is 5.66. The molecule has 1 unspecified atom stereocenters. The third-order valence-corrected chi connectivity index (χ3v) is 2.45. The second-order valence-corrected chi connectivity index (χ2v) is 5.29. The fourth-order valence-electron chi connectivity index (χ4n) is 1.77. The average molecular weight is 229 g/mol. The molecule has 16 heavy (non-hydrogen) atoms. The number of carbonyl (C=O) groups is 1. The molecule has 0 aliphatic rings. The molecule has 0 spiro atoms. The number of aliphatic hydroxyl groups excluding tert-OH is 1. The van der Waals surface area contributed by atoms with Gasteiger partial charge in [-0.2, -0.15) is 0 Å². The summed E-state index contributed by atoms with van der Waals surface area (Å²) in [4.78, 5) is 12.4. The molecule has 1 amide bonds. The third kappa shape index (κ3) is 4.23. The zero-order valence-corrected chi connectivity index (χ0v) is 10.8. The Morgan fingerprint density at radius 3 is 2.12 bits per heavy atom. The molecule has 2 N–H and O–H groups in total. The summed E-state index contributed by atoms with van der Waals surface area (Å²) < 4.78 is 0. The normalized spacial score (nSPS) is 15.4. The first-order chi connectivity index (χ1) is 7.07. The largest absolute Gasteiger partial charge is 0.465 e. The predicted octanol–water partition coefficient (Wildman–Crippen LogP) is 2.48. The quantitative estimate of drug-likeness (QED) is 0.728. The van der Waals surface area contributed by atoms with Gasteiger partial charge in [-0.1, -0.05) is 5.57 Å². The first-order valence-corrected chi connectivity index (χ1v) is 5.42. The first kappa shape index (κ1) is 15.0. The summed E-state index contributed by atoms with van der Waals surface area (Å²) in [7, 11) is 0. The highest BCUT2D eigenvalue weighted by Gasteiger charge is 2.34. The van der Waals surface area contributed by atoms with Crippen molar-refractivity contribution < 1.29 is 15.0 Å². The van der Waals surface area contributed by atoms with Crippen LogP contribution in [-0.4, -0.2) is 38.9 Å². The summed E-state index contributed by atoms with van der Waals surface area (Å²) in [6, 6.07) is -0.450. The minimum atomic E-state index is -1.01. The highest BCUT2D eigenvalue weighted by atomic mass is 16.4. The van der Waals surface area contributed by atoms with Crippen LogP contribution in [0, 0.1) is 0 Å². The van der Waals surface area contributed by atoms with Crippen LogP contribution in [0.15, 0.2) is 12.2 Å². The van der Waals surface area contributed by atoms with Crippen molar-refractivity contribution in [3.05, 3.63) is 12.2 Å². The highest BCUT2D eigenvalue weighted by Crippen LogP contribution is 2.21. The molecule has 0 aromatic rings. The van der Waals surface area contributed by atoms with E-state index in [1.807, 2.05) is 27.7 Å². The summed E-state index contributed by atoms with van der Waals surface area (Å²) in [5, 5.41) is 19.1. The zero-order valence-electron chi connectivity index (χ0n) is 10.8. The van der Waals surface area contributed by atoms with Gasteiger partial charge < -0.3 is 10.2 Å². The first-order valence-electron chi connectivity index (χ1n) is 5.42. The smallest absolute Gasteiger partial charge is 0.408 e. The number of rotatable bonds is 4. The van der Waals surface area contributed by atoms with Crippen LogP contribution >= 0.6 is 0 Å². The standard InChI is InChI=1S/C12H23NO3/c1-8(2)7-10(14)9(3)13(11(15)16)12(4,5)6/h9-10,14H,1,7H2,2-6H3,(H,15,16)/t9-,10?/m0/s1. The Morgan fingerprint density at radius 1 is 1.44 bits per heavy atom. The molecular weight excluding hydrogens is 206 g/mol. The van der Waals surface area contributed by atoms with E-state index in [4.69, 9.17) is 5.11 Å². The SMILES string of the molecule is C=C(C)CC(O)[C@H](C)N(C(=O)O)C(C)(C)C. The fraction of sp³-hybridized carbons (Fsp3) is 0.750. The molecule has 0 saturated heterocycles. The molecule has 0 saturated carbocycles. The molecule has 4 heteroatoms. The van der Waals surface area contributed by atoms with E-state index in [1.165, 1.54) is 4.90 Å². The van der Waals surface area contributed by atoms with Gasteiger partial charge in [-0.05, 0) is 41.0 Å². The summed E-state index contributed by atoms with van der Waals surface area (Å²) in [6.45, 7) is 12.7. The van der Waals surface area contributed by atoms with Gasteiger partial charge in [-0.3, -0.25) is 4.90 Å². The summed E-state index contributed by atoms with van der Waals surface area (Å²) >= 11 is 0. The van der Waals surface area contributed by atoms with Crippen molar-refractivity contribution in [1.29, 1.82) is 0 Å². The monoisotopic (exact) mass is 229 g/mol. The van der Waals surface area contributed by atoms with Gasteiger partial charge in [0, 0.05) is 5.54 Å². The molecule has 2 atom stereocenters. The number of nitrogens with zero attached hydrogens (tertiary/aromatic N) is 1. The van der Waals surface area contributed by atoms with E-state index in [1.54, 1.807) is 6.92 Å². The Kier molecular flexibility index (Phi) is 5.00. The summed E-state index contributed by atoms with van der Waals surface area (Å²) in [5.41, 5.74) is 0.319. The molecule has 0 bridgehead atoms. The Bertz CT molecular complexity index is 268. The van der Waals surface area contributed by atoms with Crippen LogP contribution in [0.4, 0.5) is 4.79 Å². The van der Waals surface area contributed by atoms with Crippen molar-refractivity contribution >= 4 is 6.09 Å². The Hall–Kier alpha value is -1.03. The van der Waals surface area contributed by atoms with Gasteiger partial charge in [0.15, 0.2) is 0 Å². The predicted molar refractivity (Wildman–Crippen MR) is 64.5 cm³/mol. The molecule has 0 aromatic heterocycles. The van der Waals surface area contributed by atoms with Crippen molar-refractivity contribution in [2.24, 2.45) is 0 Å². The van der Waals surface area contributed by atoms with Crippen LogP contribution in [0.2, 0.25) is 0 Å². The van der Waals surface area contributed by atoms with E-state index in [0.717, 1.165) is 5.57 Å². The van der Waals surface area contributed by atoms with Crippen molar-refractivity contribution in [2.45, 2.75) is 58.7 Å². The van der Waals surface area contributed by atoms with Crippen molar-refractivity contribution in [3.8, 4) is 0 Å². The third-order valence-electron chi connectivity index (χ3n) is 2.45. The second kappa shape index (κ2) is 5.34. The molecular formula is C12H23NO3. The van der Waals surface area contributed by atoms with Gasteiger partial charge in [0.25, 0.3) is 0 Å². The summed E-state index contributed by atoms with van der Waals surface area (Å²) in [5.74, 6) is 0. The fourth-order valence-corrected chi connectivity index (χ4v) is 1.77. The van der Waals surface area contributed by atoms with Crippen molar-refractivity contribution in [2.75, 3.05) is 0 Å². The lowest BCUT2D eigenvalue weighted by Crippen LogP contribution is -2.54. The van der Waals surface area contributed by atoms with E-state index < -0.39 is 23.8 Å². The van der Waals surface area contributed by atoms with Crippen LogP contribution in [0.3, 0.4) is 0 Å². The van der Waals surface area contributed by atoms with Gasteiger partial charge in [0.1, 0.15) is 0 Å². The van der Waals surface area contributed by atoms with Gasteiger partial charge >= 0.3 is 6.09 Å². The van der Waals surface area contributed by atoms with Crippen LogP contribution < -0.4 is 0 Å². The number of aliphatic hydroxyl groups is 1. The lowest BCUT2D eigenvalue weighted by Gasteiger charge is -2.40. The maximum atomic E-state index is 11.2. The number of hydrogen-bond acceptors (Lipinski definition) is 2. The van der Waals surface area contributed by atoms with E-state index >= 15 is 0 Å². The van der Waals surface area contributed by atoms with E-state index in [-0.39, 0.29) is 0 Å². The van der Waals surface area contributed by atoms with E-state index in [0.29, 0.717) is 6.42 Å². The van der Waals surface area contributed by atoms with Gasteiger partial charge in [0.2, 0.25) is 0 Å². The van der Waals surface area contributed by atoms with Crippen molar-refractivity contribution in [1.82, 2.24) is 4.90 Å². The van der Waals surface area contributed by atoms with Gasteiger partial charge in [-0.15, -0.1) is 6.58 Å². The average Bonchev–Trinajstić information content (AvgIpc) is 1.98.